The van der Waals surface area contributed by atoms with Crippen LogP contribution in [0.1, 0.15) is 18.4 Å². The monoisotopic (exact) mass is 369 g/mol. The molecular formula is C16H23N3O5S. The summed E-state index contributed by atoms with van der Waals surface area (Å²) in [6, 6.07) is 4.68. The Morgan fingerprint density at radius 1 is 1.36 bits per heavy atom. The van der Waals surface area contributed by atoms with Gasteiger partial charge in [-0.2, -0.15) is 0 Å². The van der Waals surface area contributed by atoms with Crippen molar-refractivity contribution < 1.29 is 23.1 Å². The molecule has 8 nitrogen and oxygen atoms in total. The maximum absolute atomic E-state index is 12.2. The van der Waals surface area contributed by atoms with Crippen molar-refractivity contribution >= 4 is 27.6 Å². The van der Waals surface area contributed by atoms with E-state index < -0.39 is 21.9 Å². The van der Waals surface area contributed by atoms with E-state index in [4.69, 9.17) is 5.11 Å². The molecule has 1 atom stereocenters. The number of aliphatic carboxylic acids is 1. The second-order valence-electron chi connectivity index (χ2n) is 6.15. The zero-order valence-electron chi connectivity index (χ0n) is 14.3. The molecule has 2 rings (SSSR count). The number of amides is 1. The Kier molecular flexibility index (Phi) is 6.15. The molecule has 0 radical (unpaired) electrons. The first-order valence-electron chi connectivity index (χ1n) is 8.02. The summed E-state index contributed by atoms with van der Waals surface area (Å²) in [5.41, 5.74) is 0.962. The maximum Gasteiger partial charge on any atom is 0.307 e. The van der Waals surface area contributed by atoms with Gasteiger partial charge in [-0.1, -0.05) is 6.07 Å². The largest absolute Gasteiger partial charge is 0.481 e. The van der Waals surface area contributed by atoms with Crippen LogP contribution < -0.4 is 10.0 Å². The van der Waals surface area contributed by atoms with Gasteiger partial charge >= 0.3 is 5.97 Å². The van der Waals surface area contributed by atoms with Gasteiger partial charge in [0.25, 0.3) is 0 Å². The second kappa shape index (κ2) is 7.94. The van der Waals surface area contributed by atoms with Crippen molar-refractivity contribution in [1.82, 2.24) is 9.62 Å². The number of sulfonamides is 1. The molecule has 1 aliphatic heterocycles. The van der Waals surface area contributed by atoms with E-state index in [-0.39, 0.29) is 17.3 Å². The Balaban J connectivity index is 2.03. The number of nitrogens with one attached hydrogen (secondary N) is 2. The number of carbonyl (C=O) groups is 2. The van der Waals surface area contributed by atoms with Crippen LogP contribution >= 0.6 is 0 Å². The molecule has 1 fully saturated rings. The predicted octanol–water partition coefficient (Wildman–Crippen LogP) is 0.638. The van der Waals surface area contributed by atoms with Gasteiger partial charge in [0.1, 0.15) is 0 Å². The molecule has 0 aliphatic carbocycles. The minimum atomic E-state index is -3.61. The van der Waals surface area contributed by atoms with Crippen LogP contribution in [0.5, 0.6) is 0 Å². The van der Waals surface area contributed by atoms with E-state index in [1.807, 2.05) is 0 Å². The molecule has 138 valence electrons. The standard InChI is InChI=1S/C16H23N3O5S/c1-11-5-6-13(8-14(11)25(23,24)17-2)18-15(20)10-19-7-3-4-12(9-19)16(21)22/h5-6,8,12,17H,3-4,7,9-10H2,1-2H3,(H,18,20)(H,21,22). The number of rotatable bonds is 6. The Labute approximate surface area is 147 Å². The van der Waals surface area contributed by atoms with Crippen molar-refractivity contribution in [2.45, 2.75) is 24.7 Å². The minimum absolute atomic E-state index is 0.0752. The highest BCUT2D eigenvalue weighted by atomic mass is 32.2. The van der Waals surface area contributed by atoms with Crippen molar-refractivity contribution in [2.24, 2.45) is 5.92 Å². The zero-order valence-corrected chi connectivity index (χ0v) is 15.1. The lowest BCUT2D eigenvalue weighted by atomic mass is 9.98. The maximum atomic E-state index is 12.2. The SMILES string of the molecule is CNS(=O)(=O)c1cc(NC(=O)CN2CCCC(C(=O)O)C2)ccc1C. The van der Waals surface area contributed by atoms with E-state index in [9.17, 15) is 18.0 Å². The smallest absolute Gasteiger partial charge is 0.307 e. The average molecular weight is 369 g/mol. The Hall–Kier alpha value is -1.97. The molecule has 0 spiro atoms. The molecule has 0 bridgehead atoms. The van der Waals surface area contributed by atoms with Crippen LogP contribution in [0.3, 0.4) is 0 Å². The summed E-state index contributed by atoms with van der Waals surface area (Å²) in [7, 11) is -2.28. The quantitative estimate of drug-likeness (QED) is 0.678. The molecule has 25 heavy (non-hydrogen) atoms. The number of hydrogen-bond donors (Lipinski definition) is 3. The number of anilines is 1. The lowest BCUT2D eigenvalue weighted by molar-refractivity contribution is -0.144. The number of carboxylic acid groups (broad SMARTS) is 1. The van der Waals surface area contributed by atoms with Gasteiger partial charge in [-0.15, -0.1) is 0 Å². The summed E-state index contributed by atoms with van der Waals surface area (Å²) in [6.07, 6.45) is 1.36. The van der Waals surface area contributed by atoms with Crippen molar-refractivity contribution in [3.8, 4) is 0 Å². The summed E-state index contributed by atoms with van der Waals surface area (Å²) < 4.78 is 26.2. The zero-order chi connectivity index (χ0) is 18.6. The molecule has 1 unspecified atom stereocenters. The predicted molar refractivity (Wildman–Crippen MR) is 92.9 cm³/mol. The third-order valence-electron chi connectivity index (χ3n) is 4.25. The number of hydrogen-bond acceptors (Lipinski definition) is 5. The molecule has 1 saturated heterocycles. The number of carboxylic acids is 1. The van der Waals surface area contributed by atoms with E-state index in [1.165, 1.54) is 13.1 Å². The second-order valence-corrected chi connectivity index (χ2v) is 8.00. The van der Waals surface area contributed by atoms with Crippen LogP contribution in [-0.4, -0.2) is 57.0 Å². The van der Waals surface area contributed by atoms with Crippen molar-refractivity contribution in [3.63, 3.8) is 0 Å². The molecule has 1 aliphatic rings. The van der Waals surface area contributed by atoms with E-state index in [1.54, 1.807) is 24.0 Å². The van der Waals surface area contributed by atoms with Crippen LogP contribution in [0.4, 0.5) is 5.69 Å². The summed E-state index contributed by atoms with van der Waals surface area (Å²) in [5.74, 6) is -1.60. The summed E-state index contributed by atoms with van der Waals surface area (Å²) >= 11 is 0. The first kappa shape index (κ1) is 19.4. The highest BCUT2D eigenvalue weighted by Crippen LogP contribution is 2.20. The fourth-order valence-corrected chi connectivity index (χ4v) is 3.88. The molecule has 0 saturated carbocycles. The number of nitrogens with zero attached hydrogens (tertiary/aromatic N) is 1. The van der Waals surface area contributed by atoms with Gasteiger partial charge in [0, 0.05) is 12.2 Å². The molecule has 9 heteroatoms. The highest BCUT2D eigenvalue weighted by molar-refractivity contribution is 7.89. The van der Waals surface area contributed by atoms with Crippen LogP contribution in [0.15, 0.2) is 23.1 Å². The summed E-state index contributed by atoms with van der Waals surface area (Å²) in [6.45, 7) is 2.77. The molecular weight excluding hydrogens is 346 g/mol. The van der Waals surface area contributed by atoms with Crippen LogP contribution in [-0.2, 0) is 19.6 Å². The minimum Gasteiger partial charge on any atom is -0.481 e. The molecule has 1 aromatic rings. The molecule has 1 heterocycles. The van der Waals surface area contributed by atoms with Crippen LogP contribution in [0.25, 0.3) is 0 Å². The first-order chi connectivity index (χ1) is 11.7. The van der Waals surface area contributed by atoms with Gasteiger partial charge in [-0.25, -0.2) is 13.1 Å². The Bertz CT molecular complexity index is 763. The third kappa shape index (κ3) is 5.00. The average Bonchev–Trinajstić information content (AvgIpc) is 2.56. The van der Waals surface area contributed by atoms with Gasteiger partial charge < -0.3 is 10.4 Å². The summed E-state index contributed by atoms with van der Waals surface area (Å²) in [5, 5.41) is 11.8. The van der Waals surface area contributed by atoms with E-state index in [0.717, 1.165) is 6.42 Å². The topological polar surface area (TPSA) is 116 Å². The Morgan fingerprint density at radius 2 is 2.08 bits per heavy atom. The number of piperidine rings is 1. The highest BCUT2D eigenvalue weighted by Gasteiger charge is 2.26. The summed E-state index contributed by atoms with van der Waals surface area (Å²) in [4.78, 5) is 25.2. The number of carbonyl (C=O) groups excluding carboxylic acids is 1. The number of benzene rings is 1. The van der Waals surface area contributed by atoms with Gasteiger partial charge in [-0.05, 0) is 51.1 Å². The van der Waals surface area contributed by atoms with Crippen LogP contribution in [0.2, 0.25) is 0 Å². The Morgan fingerprint density at radius 3 is 2.72 bits per heavy atom. The van der Waals surface area contributed by atoms with Crippen LogP contribution in [0, 0.1) is 12.8 Å². The number of likely N-dealkylation sites (tertiary alicyclic amines) is 1. The fourth-order valence-electron chi connectivity index (χ4n) is 2.88. The third-order valence-corrected chi connectivity index (χ3v) is 5.81. The normalized spacial score (nSPS) is 18.7. The van der Waals surface area contributed by atoms with Gasteiger partial charge in [0.2, 0.25) is 15.9 Å². The van der Waals surface area contributed by atoms with Gasteiger partial charge in [0.15, 0.2) is 0 Å². The lowest BCUT2D eigenvalue weighted by Gasteiger charge is -2.29. The van der Waals surface area contributed by atoms with Gasteiger partial charge in [0.05, 0.1) is 17.4 Å². The van der Waals surface area contributed by atoms with Gasteiger partial charge in [-0.3, -0.25) is 14.5 Å². The van der Waals surface area contributed by atoms with E-state index in [2.05, 4.69) is 10.0 Å². The molecule has 0 aromatic heterocycles. The van der Waals surface area contributed by atoms with Crippen molar-refractivity contribution in [3.05, 3.63) is 23.8 Å². The lowest BCUT2D eigenvalue weighted by Crippen LogP contribution is -2.42. The molecule has 3 N–H and O–H groups in total. The van der Waals surface area contributed by atoms with E-state index >= 15 is 0 Å². The molecule has 1 aromatic carbocycles. The van der Waals surface area contributed by atoms with Crippen molar-refractivity contribution in [2.75, 3.05) is 32.0 Å². The molecule has 1 amide bonds. The fraction of sp³-hybridized carbons (Fsp3) is 0.500. The first-order valence-corrected chi connectivity index (χ1v) is 9.50. The number of aryl methyl sites for hydroxylation is 1. The van der Waals surface area contributed by atoms with E-state index in [0.29, 0.717) is 30.8 Å². The van der Waals surface area contributed by atoms with Crippen molar-refractivity contribution in [1.29, 1.82) is 0 Å².